The van der Waals surface area contributed by atoms with Crippen molar-refractivity contribution in [2.45, 2.75) is 58.0 Å². The van der Waals surface area contributed by atoms with Crippen molar-refractivity contribution >= 4 is 35.0 Å². The molecule has 39 heavy (non-hydrogen) atoms. The van der Waals surface area contributed by atoms with Crippen LogP contribution in [0, 0.1) is 11.2 Å². The third kappa shape index (κ3) is 5.36. The third-order valence-electron chi connectivity index (χ3n) is 8.10. The van der Waals surface area contributed by atoms with Crippen molar-refractivity contribution < 1.29 is 18.7 Å². The van der Waals surface area contributed by atoms with E-state index < -0.39 is 17.1 Å². The number of benzene rings is 1. The van der Waals surface area contributed by atoms with Gasteiger partial charge >= 0.3 is 0 Å². The van der Waals surface area contributed by atoms with Gasteiger partial charge in [-0.3, -0.25) is 9.59 Å². The number of fused-ring (bicyclic) bond motifs is 1. The van der Waals surface area contributed by atoms with Crippen LogP contribution in [-0.4, -0.2) is 79.6 Å². The first kappa shape index (κ1) is 27.1. The van der Waals surface area contributed by atoms with Gasteiger partial charge in [-0.15, -0.1) is 0 Å². The van der Waals surface area contributed by atoms with Gasteiger partial charge in [0, 0.05) is 38.3 Å². The number of aromatic nitrogens is 2. The molecule has 10 nitrogen and oxygen atoms in total. The SMILES string of the molecule is COc1cc(C(=O)N[C@@H]2CCN(C)C2)c(F)cc1Nc1ncc2c(n1)N(C1CCCC1)CC(C)(C)C(=O)N2C. The van der Waals surface area contributed by atoms with E-state index >= 15 is 4.39 Å². The van der Waals surface area contributed by atoms with Gasteiger partial charge in [-0.1, -0.05) is 12.8 Å². The molecule has 0 bridgehead atoms. The summed E-state index contributed by atoms with van der Waals surface area (Å²) in [5.74, 6) is 0.0946. The average molecular weight is 540 g/mol. The fourth-order valence-corrected chi connectivity index (χ4v) is 5.95. The number of rotatable bonds is 6. The van der Waals surface area contributed by atoms with Gasteiger partial charge in [0.05, 0.1) is 30.0 Å². The van der Waals surface area contributed by atoms with Crippen LogP contribution in [0.2, 0.25) is 0 Å². The van der Waals surface area contributed by atoms with E-state index in [4.69, 9.17) is 9.72 Å². The summed E-state index contributed by atoms with van der Waals surface area (Å²) in [6.07, 6.45) is 6.83. The zero-order valence-electron chi connectivity index (χ0n) is 23.4. The lowest BCUT2D eigenvalue weighted by Gasteiger charge is -2.34. The Morgan fingerprint density at radius 3 is 2.59 bits per heavy atom. The van der Waals surface area contributed by atoms with E-state index in [1.807, 2.05) is 20.9 Å². The second kappa shape index (κ2) is 10.6. The minimum atomic E-state index is -0.670. The summed E-state index contributed by atoms with van der Waals surface area (Å²) in [6.45, 7) is 6.09. The van der Waals surface area contributed by atoms with E-state index in [0.29, 0.717) is 29.5 Å². The minimum absolute atomic E-state index is 0.00964. The van der Waals surface area contributed by atoms with Gasteiger partial charge < -0.3 is 30.1 Å². The Morgan fingerprint density at radius 1 is 1.18 bits per heavy atom. The zero-order chi connectivity index (χ0) is 27.9. The number of amides is 2. The van der Waals surface area contributed by atoms with Crippen molar-refractivity contribution in [3.63, 3.8) is 0 Å². The van der Waals surface area contributed by atoms with Gasteiger partial charge in [0.15, 0.2) is 5.82 Å². The van der Waals surface area contributed by atoms with Crippen molar-refractivity contribution in [3.8, 4) is 5.75 Å². The quantitative estimate of drug-likeness (QED) is 0.575. The molecule has 1 aromatic heterocycles. The number of carbonyl (C=O) groups excluding carboxylic acids is 2. The molecule has 210 valence electrons. The fraction of sp³-hybridized carbons (Fsp3) is 0.571. The van der Waals surface area contributed by atoms with Gasteiger partial charge in [-0.25, -0.2) is 9.37 Å². The zero-order valence-corrected chi connectivity index (χ0v) is 23.4. The number of nitrogens with one attached hydrogen (secondary N) is 2. The van der Waals surface area contributed by atoms with Crippen molar-refractivity contribution in [2.24, 2.45) is 5.41 Å². The molecule has 2 fully saturated rings. The lowest BCUT2D eigenvalue weighted by atomic mass is 9.91. The summed E-state index contributed by atoms with van der Waals surface area (Å²) in [7, 11) is 5.21. The maximum atomic E-state index is 15.2. The molecule has 2 amide bonds. The third-order valence-corrected chi connectivity index (χ3v) is 8.10. The first-order valence-corrected chi connectivity index (χ1v) is 13.6. The highest BCUT2D eigenvalue weighted by Gasteiger charge is 2.41. The molecule has 3 heterocycles. The fourth-order valence-electron chi connectivity index (χ4n) is 5.95. The number of anilines is 4. The molecule has 0 unspecified atom stereocenters. The summed E-state index contributed by atoms with van der Waals surface area (Å²) in [4.78, 5) is 41.3. The molecule has 1 aliphatic carbocycles. The second-order valence-corrected chi connectivity index (χ2v) is 11.6. The number of hydrogen-bond donors (Lipinski definition) is 2. The van der Waals surface area contributed by atoms with E-state index in [1.165, 1.54) is 19.2 Å². The maximum absolute atomic E-state index is 15.2. The van der Waals surface area contributed by atoms with E-state index in [0.717, 1.165) is 45.2 Å². The molecule has 0 radical (unpaired) electrons. The molecule has 1 saturated heterocycles. The highest BCUT2D eigenvalue weighted by molar-refractivity contribution is 6.01. The Labute approximate surface area is 228 Å². The molecular formula is C28H38FN7O3. The maximum Gasteiger partial charge on any atom is 0.254 e. The Kier molecular flexibility index (Phi) is 7.37. The summed E-state index contributed by atoms with van der Waals surface area (Å²) < 4.78 is 20.7. The smallest absolute Gasteiger partial charge is 0.254 e. The standard InChI is InChI=1S/C28H38FN7O3/c1-28(2)16-36(18-8-6-7-9-18)24-22(35(4)26(28)38)14-30-27(33-24)32-21-13-20(29)19(12-23(21)39-5)25(37)31-17-10-11-34(3)15-17/h12-14,17-18H,6-11,15-16H2,1-5H3,(H,31,37)(H,30,32,33)/t17-/m1/s1. The van der Waals surface area contributed by atoms with E-state index in [9.17, 15) is 9.59 Å². The number of halogens is 1. The molecule has 11 heteroatoms. The molecule has 0 spiro atoms. The van der Waals surface area contributed by atoms with Crippen LogP contribution in [0.15, 0.2) is 18.3 Å². The molecule has 2 N–H and O–H groups in total. The van der Waals surface area contributed by atoms with Gasteiger partial charge in [0.25, 0.3) is 5.91 Å². The Bertz CT molecular complexity index is 1260. The number of hydrogen-bond acceptors (Lipinski definition) is 8. The average Bonchev–Trinajstić information content (AvgIpc) is 3.57. The lowest BCUT2D eigenvalue weighted by Crippen LogP contribution is -2.45. The Balaban J connectivity index is 1.44. The highest BCUT2D eigenvalue weighted by atomic mass is 19.1. The summed E-state index contributed by atoms with van der Waals surface area (Å²) in [5.41, 5.74) is 0.274. The van der Waals surface area contributed by atoms with Gasteiger partial charge in [-0.2, -0.15) is 4.98 Å². The lowest BCUT2D eigenvalue weighted by molar-refractivity contribution is -0.125. The van der Waals surface area contributed by atoms with Crippen LogP contribution in [0.3, 0.4) is 0 Å². The molecule has 1 saturated carbocycles. The van der Waals surface area contributed by atoms with Crippen molar-refractivity contribution in [2.75, 3.05) is 56.0 Å². The Morgan fingerprint density at radius 2 is 1.92 bits per heavy atom. The molecule has 2 aliphatic heterocycles. The normalized spacial score (nSPS) is 21.6. The van der Waals surface area contributed by atoms with Crippen LogP contribution in [-0.2, 0) is 4.79 Å². The predicted molar refractivity (Wildman–Crippen MR) is 148 cm³/mol. The van der Waals surface area contributed by atoms with E-state index in [2.05, 4.69) is 25.4 Å². The monoisotopic (exact) mass is 539 g/mol. The summed E-state index contributed by atoms with van der Waals surface area (Å²) in [5, 5.41) is 6.00. The van der Waals surface area contributed by atoms with Gasteiger partial charge in [0.2, 0.25) is 11.9 Å². The molecule has 3 aliphatic rings. The van der Waals surface area contributed by atoms with Crippen molar-refractivity contribution in [3.05, 3.63) is 29.7 Å². The highest BCUT2D eigenvalue weighted by Crippen LogP contribution is 2.40. The number of carbonyl (C=O) groups is 2. The number of likely N-dealkylation sites (N-methyl/N-ethyl adjacent to an activating group) is 1. The largest absolute Gasteiger partial charge is 0.495 e. The second-order valence-electron chi connectivity index (χ2n) is 11.6. The van der Waals surface area contributed by atoms with Crippen molar-refractivity contribution in [1.82, 2.24) is 20.2 Å². The number of ether oxygens (including phenoxy) is 1. The molecule has 1 aromatic carbocycles. The topological polar surface area (TPSA) is 103 Å². The first-order chi connectivity index (χ1) is 18.6. The number of nitrogens with zero attached hydrogens (tertiary/aromatic N) is 5. The summed E-state index contributed by atoms with van der Waals surface area (Å²) in [6, 6.07) is 2.90. The minimum Gasteiger partial charge on any atom is -0.495 e. The Hall–Kier alpha value is -3.47. The van der Waals surface area contributed by atoms with Crippen LogP contribution in [0.1, 0.15) is 56.3 Å². The van der Waals surface area contributed by atoms with E-state index in [1.54, 1.807) is 18.1 Å². The van der Waals surface area contributed by atoms with E-state index in [-0.39, 0.29) is 29.5 Å². The van der Waals surface area contributed by atoms with Gasteiger partial charge in [-0.05, 0) is 52.8 Å². The van der Waals surface area contributed by atoms with Gasteiger partial charge in [0.1, 0.15) is 17.3 Å². The molecule has 1 atom stereocenters. The first-order valence-electron chi connectivity index (χ1n) is 13.6. The number of methoxy groups -OCH3 is 1. The van der Waals surface area contributed by atoms with Crippen LogP contribution in [0.5, 0.6) is 5.75 Å². The molecular weight excluding hydrogens is 501 g/mol. The van der Waals surface area contributed by atoms with Crippen LogP contribution < -0.4 is 25.2 Å². The molecule has 2 aromatic rings. The van der Waals surface area contributed by atoms with Crippen LogP contribution in [0.25, 0.3) is 0 Å². The van der Waals surface area contributed by atoms with Crippen LogP contribution >= 0.6 is 0 Å². The number of likely N-dealkylation sites (tertiary alicyclic amines) is 1. The molecule has 5 rings (SSSR count). The van der Waals surface area contributed by atoms with Crippen LogP contribution in [0.4, 0.5) is 27.5 Å². The predicted octanol–water partition coefficient (Wildman–Crippen LogP) is 3.55. The summed E-state index contributed by atoms with van der Waals surface area (Å²) >= 11 is 0. The van der Waals surface area contributed by atoms with Crippen molar-refractivity contribution in [1.29, 1.82) is 0 Å².